The average Bonchev–Trinajstić information content (AvgIpc) is 3.46. The Kier molecular flexibility index (Phi) is 13.4. The third-order valence-electron chi connectivity index (χ3n) is 11.5. The molecule has 4 rings (SSSR count). The summed E-state index contributed by atoms with van der Waals surface area (Å²) in [7, 11) is 5.31. The number of nitrogens with zero attached hydrogens (tertiary/aromatic N) is 2. The predicted octanol–water partition coefficient (Wildman–Crippen LogP) is 3.97. The predicted molar refractivity (Wildman–Crippen MR) is 202 cm³/mol. The number of aliphatic hydroxyl groups is 2. The number of para-hydroxylation sites is 1. The van der Waals surface area contributed by atoms with Gasteiger partial charge < -0.3 is 36.2 Å². The van der Waals surface area contributed by atoms with Crippen molar-refractivity contribution in [2.24, 2.45) is 40.7 Å². The summed E-state index contributed by atoms with van der Waals surface area (Å²) in [5.41, 5.74) is 9.03. The highest BCUT2D eigenvalue weighted by Crippen LogP contribution is 2.54. The number of nitrogens with one attached hydrogen (secondary N) is 2. The molecule has 2 fully saturated rings. The number of hydrogen-bond donors (Lipinski definition) is 5. The van der Waals surface area contributed by atoms with Crippen molar-refractivity contribution in [3.05, 3.63) is 47.5 Å². The molecule has 2 aromatic rings. The molecule has 2 aromatic carbocycles. The van der Waals surface area contributed by atoms with Crippen LogP contribution in [-0.2, 0) is 21.0 Å². The van der Waals surface area contributed by atoms with Gasteiger partial charge in [-0.2, -0.15) is 5.06 Å². The first-order chi connectivity index (χ1) is 24.4. The standard InChI is InChI=1S/C40H61N5O7/c1-22(2)14-32(37(41)48)43-38(49)28-16-27(17-29(18-28)44(8)9)30-13-11-12-26(36(30)51-10)20-45-35(34(25(5)47)33(21-46)52-45)39(50)42-19-23(3)31-15-24(4)40(31,6)7/h11-13,16-18,22-25,31-35,46-47H,14-15,19-21H2,1-10H3,(H2,41,48)(H,42,50)(H,43,49)/t23-,24-,25+,31+,32+,33+,34-,35+/m1/s1. The normalized spacial score (nSPS) is 24.4. The lowest BCUT2D eigenvalue weighted by atomic mass is 9.52. The molecule has 288 valence electrons. The Hall–Kier alpha value is -3.71. The summed E-state index contributed by atoms with van der Waals surface area (Å²) in [6, 6.07) is 9.38. The van der Waals surface area contributed by atoms with Crippen molar-refractivity contribution >= 4 is 23.4 Å². The van der Waals surface area contributed by atoms with Crippen LogP contribution in [0.3, 0.4) is 0 Å². The second-order valence-electron chi connectivity index (χ2n) is 16.2. The van der Waals surface area contributed by atoms with Crippen LogP contribution in [-0.4, -0.2) is 91.6 Å². The highest BCUT2D eigenvalue weighted by Gasteiger charge is 2.50. The topological polar surface area (TPSA) is 167 Å². The van der Waals surface area contributed by atoms with Crippen LogP contribution in [0, 0.1) is 35.0 Å². The summed E-state index contributed by atoms with van der Waals surface area (Å²) < 4.78 is 6.00. The second-order valence-corrected chi connectivity index (χ2v) is 16.2. The minimum atomic E-state index is -0.928. The molecule has 0 bridgehead atoms. The van der Waals surface area contributed by atoms with Gasteiger partial charge in [0.2, 0.25) is 11.8 Å². The van der Waals surface area contributed by atoms with E-state index in [1.54, 1.807) is 31.2 Å². The number of primary amides is 1. The number of carbonyl (C=O) groups excluding carboxylic acids is 3. The van der Waals surface area contributed by atoms with E-state index < -0.39 is 42.0 Å². The summed E-state index contributed by atoms with van der Waals surface area (Å²) in [4.78, 5) is 47.7. The van der Waals surface area contributed by atoms with E-state index in [1.807, 2.05) is 57.1 Å². The van der Waals surface area contributed by atoms with E-state index in [9.17, 15) is 24.6 Å². The van der Waals surface area contributed by atoms with Crippen molar-refractivity contribution in [2.75, 3.05) is 39.3 Å². The van der Waals surface area contributed by atoms with Gasteiger partial charge in [0, 0.05) is 48.9 Å². The molecule has 1 heterocycles. The lowest BCUT2D eigenvalue weighted by Crippen LogP contribution is -2.52. The van der Waals surface area contributed by atoms with Crippen molar-refractivity contribution in [2.45, 2.75) is 92.1 Å². The third-order valence-corrected chi connectivity index (χ3v) is 11.5. The summed E-state index contributed by atoms with van der Waals surface area (Å²) in [5, 5.41) is 28.6. The van der Waals surface area contributed by atoms with Crippen LogP contribution in [0.1, 0.15) is 77.2 Å². The van der Waals surface area contributed by atoms with E-state index >= 15 is 0 Å². The fourth-order valence-corrected chi connectivity index (χ4v) is 8.00. The van der Waals surface area contributed by atoms with Gasteiger partial charge >= 0.3 is 0 Å². The molecule has 1 aliphatic carbocycles. The first-order valence-electron chi connectivity index (χ1n) is 18.5. The highest BCUT2D eigenvalue weighted by atomic mass is 16.7. The molecular formula is C40H61N5O7. The van der Waals surface area contributed by atoms with Gasteiger partial charge in [0.25, 0.3) is 5.91 Å². The Labute approximate surface area is 309 Å². The highest BCUT2D eigenvalue weighted by molar-refractivity contribution is 5.99. The fourth-order valence-electron chi connectivity index (χ4n) is 8.00. The number of carbonyl (C=O) groups is 3. The van der Waals surface area contributed by atoms with Crippen LogP contribution in [0.15, 0.2) is 36.4 Å². The lowest BCUT2D eigenvalue weighted by Gasteiger charge is -2.53. The molecule has 6 N–H and O–H groups in total. The second kappa shape index (κ2) is 17.0. The molecule has 0 radical (unpaired) electrons. The maximum atomic E-state index is 14.0. The Balaban J connectivity index is 1.65. The quantitative estimate of drug-likeness (QED) is 0.172. The molecule has 12 nitrogen and oxygen atoms in total. The summed E-state index contributed by atoms with van der Waals surface area (Å²) in [6.45, 7) is 14.8. The van der Waals surface area contributed by atoms with Gasteiger partial charge in [-0.25, -0.2) is 0 Å². The zero-order valence-corrected chi connectivity index (χ0v) is 32.6. The number of ether oxygens (including phenoxy) is 1. The lowest BCUT2D eigenvalue weighted by molar-refractivity contribution is -0.182. The molecular weight excluding hydrogens is 662 g/mol. The van der Waals surface area contributed by atoms with E-state index in [-0.39, 0.29) is 36.3 Å². The van der Waals surface area contributed by atoms with E-state index in [0.717, 1.165) is 12.1 Å². The van der Waals surface area contributed by atoms with Crippen LogP contribution in [0.4, 0.5) is 5.69 Å². The Morgan fingerprint density at radius 2 is 1.83 bits per heavy atom. The largest absolute Gasteiger partial charge is 0.496 e. The monoisotopic (exact) mass is 723 g/mol. The first-order valence-corrected chi connectivity index (χ1v) is 18.5. The molecule has 2 aliphatic rings. The Bertz CT molecular complexity index is 1580. The van der Waals surface area contributed by atoms with Gasteiger partial charge in [-0.3, -0.25) is 19.2 Å². The summed E-state index contributed by atoms with van der Waals surface area (Å²) >= 11 is 0. The molecule has 0 spiro atoms. The summed E-state index contributed by atoms with van der Waals surface area (Å²) in [5.74, 6) is 0.0872. The van der Waals surface area contributed by atoms with Gasteiger partial charge in [0.1, 0.15) is 23.9 Å². The van der Waals surface area contributed by atoms with Crippen molar-refractivity contribution < 1.29 is 34.2 Å². The molecule has 1 saturated heterocycles. The maximum absolute atomic E-state index is 14.0. The van der Waals surface area contributed by atoms with Gasteiger partial charge in [-0.05, 0) is 72.6 Å². The van der Waals surface area contributed by atoms with Crippen molar-refractivity contribution in [1.82, 2.24) is 15.7 Å². The minimum absolute atomic E-state index is 0.119. The Morgan fingerprint density at radius 1 is 1.13 bits per heavy atom. The number of methoxy groups -OCH3 is 1. The zero-order valence-electron chi connectivity index (χ0n) is 32.6. The summed E-state index contributed by atoms with van der Waals surface area (Å²) in [6.07, 6.45) is -0.176. The molecule has 1 saturated carbocycles. The van der Waals surface area contributed by atoms with Crippen LogP contribution < -0.4 is 26.0 Å². The Morgan fingerprint density at radius 3 is 2.37 bits per heavy atom. The van der Waals surface area contributed by atoms with Crippen molar-refractivity contribution in [3.63, 3.8) is 0 Å². The zero-order chi connectivity index (χ0) is 38.7. The number of benzene rings is 2. The molecule has 12 heteroatoms. The number of amides is 3. The molecule has 52 heavy (non-hydrogen) atoms. The van der Waals surface area contributed by atoms with E-state index in [2.05, 4.69) is 38.3 Å². The SMILES string of the molecule is COc1c(CN2O[C@@H](CO)[C@@H]([C@H](C)O)[C@H]2C(=O)NC[C@@H](C)[C@@H]2C[C@@H](C)C2(C)C)cccc1-c1cc(C(=O)N[C@@H](CC(C)C)C(N)=O)cc(N(C)C)c1. The number of hydroxylamine groups is 2. The van der Waals surface area contributed by atoms with Gasteiger partial charge in [0.05, 0.1) is 26.4 Å². The molecule has 8 atom stereocenters. The minimum Gasteiger partial charge on any atom is -0.496 e. The van der Waals surface area contributed by atoms with Gasteiger partial charge in [-0.1, -0.05) is 59.7 Å². The number of hydrogen-bond acceptors (Lipinski definition) is 9. The van der Waals surface area contributed by atoms with Crippen LogP contribution in [0.2, 0.25) is 0 Å². The van der Waals surface area contributed by atoms with Crippen LogP contribution in [0.25, 0.3) is 11.1 Å². The number of nitrogens with two attached hydrogens (primary N) is 1. The van der Waals surface area contributed by atoms with Gasteiger partial charge in [-0.15, -0.1) is 0 Å². The van der Waals surface area contributed by atoms with E-state index in [4.69, 9.17) is 15.3 Å². The first kappa shape index (κ1) is 41.1. The van der Waals surface area contributed by atoms with Crippen molar-refractivity contribution in [1.29, 1.82) is 0 Å². The van der Waals surface area contributed by atoms with E-state index in [0.29, 0.717) is 52.8 Å². The van der Waals surface area contributed by atoms with Gasteiger partial charge in [0.15, 0.2) is 0 Å². The fraction of sp³-hybridized carbons (Fsp3) is 0.625. The van der Waals surface area contributed by atoms with Crippen molar-refractivity contribution in [3.8, 4) is 16.9 Å². The number of anilines is 1. The molecule has 3 amide bonds. The molecule has 0 unspecified atom stereocenters. The molecule has 0 aromatic heterocycles. The third kappa shape index (κ3) is 8.90. The van der Waals surface area contributed by atoms with Crippen LogP contribution in [0.5, 0.6) is 5.75 Å². The van der Waals surface area contributed by atoms with E-state index in [1.165, 1.54) is 0 Å². The average molecular weight is 724 g/mol. The molecule has 1 aliphatic heterocycles. The number of aliphatic hydroxyl groups excluding tert-OH is 2. The number of rotatable bonds is 16. The van der Waals surface area contributed by atoms with Crippen LogP contribution >= 0.6 is 0 Å². The maximum Gasteiger partial charge on any atom is 0.252 e. The smallest absolute Gasteiger partial charge is 0.252 e.